The molecule has 1 unspecified atom stereocenters. The smallest absolute Gasteiger partial charge is 0.00205 e. The molecule has 2 fully saturated rings. The third-order valence-electron chi connectivity index (χ3n) is 4.33. The lowest BCUT2D eigenvalue weighted by molar-refractivity contribution is 0.318. The molecule has 2 rings (SSSR count). The van der Waals surface area contributed by atoms with Crippen LogP contribution in [0.4, 0.5) is 0 Å². The molecule has 0 amide bonds. The summed E-state index contributed by atoms with van der Waals surface area (Å²) in [7, 11) is 0. The average Bonchev–Trinajstić information content (AvgIpc) is 2.37. The first-order valence-electron chi connectivity index (χ1n) is 7.36. The Morgan fingerprint density at radius 3 is 2.19 bits per heavy atom. The fraction of sp³-hybridized carbons (Fsp3) is 1.00. The van der Waals surface area contributed by atoms with E-state index in [9.17, 15) is 0 Å². The van der Waals surface area contributed by atoms with Gasteiger partial charge in [0.15, 0.2) is 0 Å². The van der Waals surface area contributed by atoms with Crippen LogP contribution in [0.2, 0.25) is 0 Å². The van der Waals surface area contributed by atoms with Crippen molar-refractivity contribution in [2.24, 2.45) is 11.8 Å². The van der Waals surface area contributed by atoms with Crippen LogP contribution >= 0.6 is 0 Å². The molecule has 2 saturated heterocycles. The highest BCUT2D eigenvalue weighted by Crippen LogP contribution is 2.22. The molecular weight excluding hydrogens is 196 g/mol. The van der Waals surface area contributed by atoms with E-state index in [0.29, 0.717) is 0 Å². The van der Waals surface area contributed by atoms with E-state index in [-0.39, 0.29) is 0 Å². The van der Waals surface area contributed by atoms with Gasteiger partial charge >= 0.3 is 0 Å². The molecule has 0 saturated carbocycles. The minimum absolute atomic E-state index is 0.988. The Morgan fingerprint density at radius 1 is 0.750 bits per heavy atom. The van der Waals surface area contributed by atoms with Gasteiger partial charge in [0, 0.05) is 0 Å². The van der Waals surface area contributed by atoms with E-state index in [2.05, 4.69) is 10.6 Å². The highest BCUT2D eigenvalue weighted by molar-refractivity contribution is 4.71. The standard InChI is InChI=1S/C14H28N2/c1(4-13-7-10-15-11-8-13)2-5-14-6-3-9-16-12-14/h13-16H,1-12H2. The molecular formula is C14H28N2. The zero-order chi connectivity index (χ0) is 11.1. The molecule has 0 aliphatic carbocycles. The Hall–Kier alpha value is -0.0800. The second-order valence-corrected chi connectivity index (χ2v) is 5.69. The Morgan fingerprint density at radius 2 is 1.50 bits per heavy atom. The number of rotatable bonds is 5. The summed E-state index contributed by atoms with van der Waals surface area (Å²) in [5.74, 6) is 2.02. The van der Waals surface area contributed by atoms with Crippen LogP contribution in [-0.4, -0.2) is 26.2 Å². The van der Waals surface area contributed by atoms with Crippen molar-refractivity contribution >= 4 is 0 Å². The Balaban J connectivity index is 1.47. The van der Waals surface area contributed by atoms with Crippen LogP contribution in [0, 0.1) is 11.8 Å². The normalized spacial score (nSPS) is 28.1. The van der Waals surface area contributed by atoms with Gasteiger partial charge in [0.1, 0.15) is 0 Å². The molecule has 2 heterocycles. The molecule has 2 N–H and O–H groups in total. The number of unbranched alkanes of at least 4 members (excludes halogenated alkanes) is 1. The molecule has 2 aliphatic rings. The second kappa shape index (κ2) is 7.29. The van der Waals surface area contributed by atoms with Gasteiger partial charge in [-0.15, -0.1) is 0 Å². The van der Waals surface area contributed by atoms with Crippen LogP contribution in [-0.2, 0) is 0 Å². The lowest BCUT2D eigenvalue weighted by atomic mass is 9.89. The Labute approximate surface area is 101 Å². The van der Waals surface area contributed by atoms with Crippen molar-refractivity contribution in [1.29, 1.82) is 0 Å². The number of piperidine rings is 2. The summed E-state index contributed by atoms with van der Waals surface area (Å²) < 4.78 is 0. The largest absolute Gasteiger partial charge is 0.317 e. The molecule has 94 valence electrons. The van der Waals surface area contributed by atoms with E-state index in [4.69, 9.17) is 0 Å². The SMILES string of the molecule is C(CCC1CCCNC1)CC1CCNCC1. The number of hydrogen-bond donors (Lipinski definition) is 2. The summed E-state index contributed by atoms with van der Waals surface area (Å²) in [6.07, 6.45) is 11.6. The van der Waals surface area contributed by atoms with Gasteiger partial charge in [-0.05, 0) is 70.1 Å². The molecule has 0 spiro atoms. The van der Waals surface area contributed by atoms with Crippen molar-refractivity contribution in [2.75, 3.05) is 26.2 Å². The van der Waals surface area contributed by atoms with E-state index in [0.717, 1.165) is 11.8 Å². The predicted molar refractivity (Wildman–Crippen MR) is 69.7 cm³/mol. The van der Waals surface area contributed by atoms with Gasteiger partial charge in [0.05, 0.1) is 0 Å². The van der Waals surface area contributed by atoms with Crippen LogP contribution in [0.25, 0.3) is 0 Å². The maximum atomic E-state index is 3.52. The van der Waals surface area contributed by atoms with Crippen molar-refractivity contribution in [3.05, 3.63) is 0 Å². The first-order valence-corrected chi connectivity index (χ1v) is 7.36. The van der Waals surface area contributed by atoms with Crippen molar-refractivity contribution in [3.8, 4) is 0 Å². The van der Waals surface area contributed by atoms with E-state index >= 15 is 0 Å². The molecule has 2 aliphatic heterocycles. The number of nitrogens with one attached hydrogen (secondary N) is 2. The van der Waals surface area contributed by atoms with Gasteiger partial charge in [0.2, 0.25) is 0 Å². The third-order valence-corrected chi connectivity index (χ3v) is 4.33. The molecule has 0 bridgehead atoms. The topological polar surface area (TPSA) is 24.1 Å². The van der Waals surface area contributed by atoms with E-state index in [1.807, 2.05) is 0 Å². The van der Waals surface area contributed by atoms with E-state index in [1.165, 1.54) is 77.5 Å². The molecule has 0 aromatic carbocycles. The van der Waals surface area contributed by atoms with Gasteiger partial charge in [-0.25, -0.2) is 0 Å². The molecule has 2 nitrogen and oxygen atoms in total. The Bertz CT molecular complexity index is 150. The summed E-state index contributed by atoms with van der Waals surface area (Å²) in [6.45, 7) is 5.06. The maximum absolute atomic E-state index is 3.52. The van der Waals surface area contributed by atoms with Gasteiger partial charge in [-0.1, -0.05) is 19.3 Å². The van der Waals surface area contributed by atoms with Gasteiger partial charge < -0.3 is 10.6 Å². The van der Waals surface area contributed by atoms with Crippen LogP contribution in [0.1, 0.15) is 51.4 Å². The second-order valence-electron chi connectivity index (χ2n) is 5.69. The highest BCUT2D eigenvalue weighted by atomic mass is 14.9. The zero-order valence-electron chi connectivity index (χ0n) is 10.6. The number of hydrogen-bond acceptors (Lipinski definition) is 2. The molecule has 0 radical (unpaired) electrons. The highest BCUT2D eigenvalue weighted by Gasteiger charge is 2.14. The van der Waals surface area contributed by atoms with Gasteiger partial charge in [-0.3, -0.25) is 0 Å². The predicted octanol–water partition coefficient (Wildman–Crippen LogP) is 2.55. The molecule has 0 aromatic heterocycles. The molecule has 2 heteroatoms. The van der Waals surface area contributed by atoms with Gasteiger partial charge in [0.25, 0.3) is 0 Å². The maximum Gasteiger partial charge on any atom is -0.00205 e. The van der Waals surface area contributed by atoms with Crippen molar-refractivity contribution < 1.29 is 0 Å². The Kier molecular flexibility index (Phi) is 5.64. The van der Waals surface area contributed by atoms with Crippen molar-refractivity contribution in [2.45, 2.75) is 51.4 Å². The fourth-order valence-electron chi connectivity index (χ4n) is 3.21. The lowest BCUT2D eigenvalue weighted by Crippen LogP contribution is -2.29. The molecule has 0 aromatic rings. The summed E-state index contributed by atoms with van der Waals surface area (Å²) >= 11 is 0. The van der Waals surface area contributed by atoms with E-state index in [1.54, 1.807) is 0 Å². The average molecular weight is 224 g/mol. The summed E-state index contributed by atoms with van der Waals surface area (Å²) in [5, 5.41) is 6.97. The third kappa shape index (κ3) is 4.42. The van der Waals surface area contributed by atoms with Crippen LogP contribution < -0.4 is 10.6 Å². The molecule has 1 atom stereocenters. The van der Waals surface area contributed by atoms with Crippen LogP contribution in [0.5, 0.6) is 0 Å². The van der Waals surface area contributed by atoms with Crippen LogP contribution in [0.3, 0.4) is 0 Å². The minimum atomic E-state index is 0.988. The van der Waals surface area contributed by atoms with Crippen LogP contribution in [0.15, 0.2) is 0 Å². The lowest BCUT2D eigenvalue weighted by Gasteiger charge is -2.24. The summed E-state index contributed by atoms with van der Waals surface area (Å²) in [6, 6.07) is 0. The summed E-state index contributed by atoms with van der Waals surface area (Å²) in [5.41, 5.74) is 0. The van der Waals surface area contributed by atoms with Crippen molar-refractivity contribution in [3.63, 3.8) is 0 Å². The van der Waals surface area contributed by atoms with Gasteiger partial charge in [-0.2, -0.15) is 0 Å². The van der Waals surface area contributed by atoms with Crippen molar-refractivity contribution in [1.82, 2.24) is 10.6 Å². The monoisotopic (exact) mass is 224 g/mol. The zero-order valence-corrected chi connectivity index (χ0v) is 10.6. The quantitative estimate of drug-likeness (QED) is 0.701. The minimum Gasteiger partial charge on any atom is -0.317 e. The summed E-state index contributed by atoms with van der Waals surface area (Å²) in [4.78, 5) is 0. The fourth-order valence-corrected chi connectivity index (χ4v) is 3.21. The molecule has 16 heavy (non-hydrogen) atoms. The first-order chi connectivity index (χ1) is 7.95. The first kappa shape index (κ1) is 12.4. The van der Waals surface area contributed by atoms with E-state index < -0.39 is 0 Å².